The zero-order valence-corrected chi connectivity index (χ0v) is 9.96. The highest BCUT2D eigenvalue weighted by Crippen LogP contribution is 2.13. The Bertz CT molecular complexity index is 365. The molecule has 1 aromatic rings. The van der Waals surface area contributed by atoms with Crippen molar-refractivity contribution in [1.29, 1.82) is 0 Å². The van der Waals surface area contributed by atoms with E-state index in [1.165, 1.54) is 0 Å². The van der Waals surface area contributed by atoms with E-state index in [0.717, 1.165) is 37.3 Å². The normalized spacial score (nSPS) is 22.3. The molecule has 0 saturated carbocycles. The number of hydrogen-bond donors (Lipinski definition) is 1. The van der Waals surface area contributed by atoms with Crippen molar-refractivity contribution in [1.82, 2.24) is 10.2 Å². The van der Waals surface area contributed by atoms with Gasteiger partial charge in [-0.3, -0.25) is 4.90 Å². The van der Waals surface area contributed by atoms with E-state index in [2.05, 4.69) is 17.1 Å². The molecule has 0 amide bonds. The highest BCUT2D eigenvalue weighted by molar-refractivity contribution is 5.24. The Morgan fingerprint density at radius 3 is 3.06 bits per heavy atom. The van der Waals surface area contributed by atoms with Gasteiger partial charge in [0, 0.05) is 37.8 Å². The highest BCUT2D eigenvalue weighted by atomic mass is 19.1. The zero-order valence-electron chi connectivity index (χ0n) is 9.96. The summed E-state index contributed by atoms with van der Waals surface area (Å²) >= 11 is 0. The third-order valence-electron chi connectivity index (χ3n) is 3.05. The van der Waals surface area contributed by atoms with Crippen LogP contribution in [-0.2, 0) is 6.54 Å². The van der Waals surface area contributed by atoms with Gasteiger partial charge in [0.1, 0.15) is 5.82 Å². The molecule has 0 aromatic heterocycles. The van der Waals surface area contributed by atoms with Crippen LogP contribution in [0.2, 0.25) is 0 Å². The first-order valence-corrected chi connectivity index (χ1v) is 5.86. The summed E-state index contributed by atoms with van der Waals surface area (Å²) in [6.45, 7) is 7.88. The average molecular weight is 222 g/mol. The van der Waals surface area contributed by atoms with Gasteiger partial charge in [-0.25, -0.2) is 4.39 Å². The molecule has 1 aliphatic heterocycles. The Morgan fingerprint density at radius 1 is 1.50 bits per heavy atom. The molecule has 0 spiro atoms. The summed E-state index contributed by atoms with van der Waals surface area (Å²) < 4.78 is 13.6. The van der Waals surface area contributed by atoms with E-state index in [1.54, 1.807) is 6.07 Å². The molecule has 0 bridgehead atoms. The predicted octanol–water partition coefficient (Wildman–Crippen LogP) is 1.93. The molecule has 2 rings (SSSR count). The third kappa shape index (κ3) is 2.80. The summed E-state index contributed by atoms with van der Waals surface area (Å²) in [5.41, 5.74) is 1.94. The van der Waals surface area contributed by atoms with E-state index in [-0.39, 0.29) is 5.82 Å². The quantitative estimate of drug-likeness (QED) is 0.822. The maximum absolute atomic E-state index is 13.6. The molecule has 0 aliphatic carbocycles. The molecule has 1 aliphatic rings. The van der Waals surface area contributed by atoms with Crippen LogP contribution < -0.4 is 5.32 Å². The smallest absolute Gasteiger partial charge is 0.127 e. The van der Waals surface area contributed by atoms with Gasteiger partial charge in [0.15, 0.2) is 0 Å². The first-order valence-electron chi connectivity index (χ1n) is 5.86. The minimum Gasteiger partial charge on any atom is -0.312 e. The van der Waals surface area contributed by atoms with Crippen LogP contribution in [0.25, 0.3) is 0 Å². The molecule has 2 nitrogen and oxygen atoms in total. The standard InChI is InChI=1S/C13H19FN2/c1-10-3-4-13(14)12(7-10)9-16-6-5-15-11(2)8-16/h3-4,7,11,15H,5-6,8-9H2,1-2H3/t11-/m1/s1. The van der Waals surface area contributed by atoms with Gasteiger partial charge >= 0.3 is 0 Å². The lowest BCUT2D eigenvalue weighted by molar-refractivity contribution is 0.197. The minimum absolute atomic E-state index is 0.0863. The first-order chi connectivity index (χ1) is 7.65. The van der Waals surface area contributed by atoms with Crippen molar-refractivity contribution in [2.24, 2.45) is 0 Å². The molecule has 1 atom stereocenters. The molecule has 1 fully saturated rings. The number of nitrogens with zero attached hydrogens (tertiary/aromatic N) is 1. The molecule has 1 N–H and O–H groups in total. The summed E-state index contributed by atoms with van der Waals surface area (Å²) in [6, 6.07) is 5.83. The fourth-order valence-electron chi connectivity index (χ4n) is 2.22. The van der Waals surface area contributed by atoms with Crippen LogP contribution in [0.15, 0.2) is 18.2 Å². The number of benzene rings is 1. The molecule has 1 saturated heterocycles. The Labute approximate surface area is 96.5 Å². The maximum Gasteiger partial charge on any atom is 0.127 e. The number of nitrogens with one attached hydrogen (secondary N) is 1. The zero-order chi connectivity index (χ0) is 11.5. The van der Waals surface area contributed by atoms with Crippen LogP contribution in [0.1, 0.15) is 18.1 Å². The van der Waals surface area contributed by atoms with Crippen molar-refractivity contribution < 1.29 is 4.39 Å². The summed E-state index contributed by atoms with van der Waals surface area (Å²) in [6.07, 6.45) is 0. The van der Waals surface area contributed by atoms with Crippen molar-refractivity contribution in [2.45, 2.75) is 26.4 Å². The average Bonchev–Trinajstić information content (AvgIpc) is 2.24. The van der Waals surface area contributed by atoms with Crippen molar-refractivity contribution >= 4 is 0 Å². The van der Waals surface area contributed by atoms with Gasteiger partial charge in [0.25, 0.3) is 0 Å². The van der Waals surface area contributed by atoms with Gasteiger partial charge in [0.05, 0.1) is 0 Å². The second-order valence-corrected chi connectivity index (χ2v) is 4.69. The minimum atomic E-state index is -0.0863. The molecular formula is C13H19FN2. The topological polar surface area (TPSA) is 15.3 Å². The number of aryl methyl sites for hydroxylation is 1. The molecule has 3 heteroatoms. The van der Waals surface area contributed by atoms with E-state index >= 15 is 0 Å². The fraction of sp³-hybridized carbons (Fsp3) is 0.538. The SMILES string of the molecule is Cc1ccc(F)c(CN2CCN[C@H](C)C2)c1. The van der Waals surface area contributed by atoms with Gasteiger partial charge in [0.2, 0.25) is 0 Å². The maximum atomic E-state index is 13.6. The van der Waals surface area contributed by atoms with Crippen molar-refractivity contribution in [3.63, 3.8) is 0 Å². The number of piperazine rings is 1. The fourth-order valence-corrected chi connectivity index (χ4v) is 2.22. The number of halogens is 1. The monoisotopic (exact) mass is 222 g/mol. The van der Waals surface area contributed by atoms with Gasteiger partial charge in [-0.1, -0.05) is 17.7 Å². The molecule has 16 heavy (non-hydrogen) atoms. The molecule has 88 valence electrons. The summed E-state index contributed by atoms with van der Waals surface area (Å²) in [4.78, 5) is 2.30. The molecule has 0 unspecified atom stereocenters. The molecular weight excluding hydrogens is 203 g/mol. The van der Waals surface area contributed by atoms with Crippen molar-refractivity contribution in [3.8, 4) is 0 Å². The second kappa shape index (κ2) is 4.93. The molecule has 1 heterocycles. The largest absolute Gasteiger partial charge is 0.312 e. The lowest BCUT2D eigenvalue weighted by Gasteiger charge is -2.31. The molecule has 0 radical (unpaired) electrons. The lowest BCUT2D eigenvalue weighted by atomic mass is 10.1. The molecule has 1 aromatic carbocycles. The number of rotatable bonds is 2. The van der Waals surface area contributed by atoms with Gasteiger partial charge in [-0.2, -0.15) is 0 Å². The van der Waals surface area contributed by atoms with E-state index in [4.69, 9.17) is 0 Å². The third-order valence-corrected chi connectivity index (χ3v) is 3.05. The van der Waals surface area contributed by atoms with Crippen LogP contribution in [0, 0.1) is 12.7 Å². The van der Waals surface area contributed by atoms with Crippen LogP contribution in [0.5, 0.6) is 0 Å². The van der Waals surface area contributed by atoms with Crippen LogP contribution in [-0.4, -0.2) is 30.6 Å². The van der Waals surface area contributed by atoms with E-state index in [1.807, 2.05) is 19.1 Å². The summed E-state index contributed by atoms with van der Waals surface area (Å²) in [7, 11) is 0. The first kappa shape index (κ1) is 11.6. The summed E-state index contributed by atoms with van der Waals surface area (Å²) in [5, 5.41) is 3.39. The van der Waals surface area contributed by atoms with Crippen LogP contribution in [0.3, 0.4) is 0 Å². The summed E-state index contributed by atoms with van der Waals surface area (Å²) in [5.74, 6) is -0.0863. The van der Waals surface area contributed by atoms with Crippen LogP contribution >= 0.6 is 0 Å². The highest BCUT2D eigenvalue weighted by Gasteiger charge is 2.16. The van der Waals surface area contributed by atoms with Gasteiger partial charge < -0.3 is 5.32 Å². The Morgan fingerprint density at radius 2 is 2.31 bits per heavy atom. The van der Waals surface area contributed by atoms with E-state index in [0.29, 0.717) is 6.04 Å². The van der Waals surface area contributed by atoms with Crippen molar-refractivity contribution in [2.75, 3.05) is 19.6 Å². The van der Waals surface area contributed by atoms with Crippen molar-refractivity contribution in [3.05, 3.63) is 35.1 Å². The Kier molecular flexibility index (Phi) is 3.56. The van der Waals surface area contributed by atoms with Crippen LogP contribution in [0.4, 0.5) is 4.39 Å². The Hall–Kier alpha value is -0.930. The van der Waals surface area contributed by atoms with E-state index in [9.17, 15) is 4.39 Å². The number of hydrogen-bond acceptors (Lipinski definition) is 2. The van der Waals surface area contributed by atoms with E-state index < -0.39 is 0 Å². The Balaban J connectivity index is 2.05. The lowest BCUT2D eigenvalue weighted by Crippen LogP contribution is -2.48. The predicted molar refractivity (Wildman–Crippen MR) is 63.9 cm³/mol. The van der Waals surface area contributed by atoms with Gasteiger partial charge in [-0.05, 0) is 19.9 Å². The van der Waals surface area contributed by atoms with Gasteiger partial charge in [-0.15, -0.1) is 0 Å². The second-order valence-electron chi connectivity index (χ2n) is 4.69.